The number of rotatable bonds is 14. The van der Waals surface area contributed by atoms with Crippen LogP contribution in [0.4, 0.5) is 0 Å². The molecule has 0 bridgehead atoms. The molecule has 0 radical (unpaired) electrons. The minimum atomic E-state index is -3.38. The summed E-state index contributed by atoms with van der Waals surface area (Å²) in [4.78, 5) is 0. The minimum absolute atomic E-state index is 0.00111. The van der Waals surface area contributed by atoms with E-state index in [4.69, 9.17) is 153 Å². The highest BCUT2D eigenvalue weighted by Crippen LogP contribution is 2.40. The van der Waals surface area contributed by atoms with Crippen molar-refractivity contribution in [3.8, 4) is 80.5 Å². The molecule has 119 heavy (non-hydrogen) atoms. The molecule has 7 atom stereocenters. The van der Waals surface area contributed by atoms with E-state index in [0.29, 0.717) is 32.1 Å². The Morgan fingerprint density at radius 1 is 0.261 bits per heavy atom. The largest absolute Gasteiger partial charge is 0.454 e. The summed E-state index contributed by atoms with van der Waals surface area (Å²) in [5, 5.41) is 72.3. The van der Waals surface area contributed by atoms with Gasteiger partial charge in [0.25, 0.3) is 0 Å². The standard InChI is InChI=1S/7C14H18O3/c7*1-14(2,3)13(15)7-5-10-4-6-11-12(8-10)17-9-16-11/h7*4-8,13,15H,9H2,1-3H3/b7*7-5+/i1D3,2D3,4D,5D,6D,8D,9D2,13D;1D3,2D3,4D,5D,6D,8D,13D;1D3,2D3,4D,5D,6D,8D,9D2;4D,5D,6D,8D,9D2,13D;1D3,2D3,4D,5D,6D,8D;4D,5D,6D,8D,13D;4D,5D,6D,7D,8D. The molecule has 21 heteroatoms. The van der Waals surface area contributed by atoms with Crippen LogP contribution >= 0.6 is 0 Å². The molecule has 0 saturated heterocycles. The van der Waals surface area contributed by atoms with Crippen LogP contribution in [0.1, 0.15) is 270 Å². The highest BCUT2D eigenvalue weighted by atomic mass is 16.7. The van der Waals surface area contributed by atoms with E-state index in [0.717, 1.165) is 26.0 Å². The first-order valence-electron chi connectivity index (χ1n) is 66.3. The van der Waals surface area contributed by atoms with Crippen molar-refractivity contribution in [3.05, 3.63) is 208 Å². The summed E-state index contributed by atoms with van der Waals surface area (Å²) in [7, 11) is 0. The molecule has 0 aliphatic carbocycles. The van der Waals surface area contributed by atoms with Crippen molar-refractivity contribution in [2.75, 3.05) is 47.4 Å². The molecule has 7 aliphatic rings. The summed E-state index contributed by atoms with van der Waals surface area (Å²) in [5.74, 6) is -3.54. The Kier molecular flexibility index (Phi) is 13.8. The van der Waals surface area contributed by atoms with Crippen molar-refractivity contribution in [2.24, 2.45) is 37.9 Å². The van der Waals surface area contributed by atoms with Crippen LogP contribution in [-0.2, 0) is 0 Å². The summed E-state index contributed by atoms with van der Waals surface area (Å²) in [5.41, 5.74) is -16.6. The van der Waals surface area contributed by atoms with Crippen LogP contribution in [0.15, 0.2) is 169 Å². The Morgan fingerprint density at radius 3 is 0.681 bits per heavy atom. The van der Waals surface area contributed by atoms with E-state index in [9.17, 15) is 35.7 Å². The molecule has 0 amide bonds. The molecule has 0 saturated carbocycles. The number of aliphatic hydroxyl groups excluding tert-OH is 3. The lowest BCUT2D eigenvalue weighted by molar-refractivity contribution is 0.106. The van der Waals surface area contributed by atoms with Gasteiger partial charge in [0.05, 0.1) is 87.9 Å². The first-order valence-corrected chi connectivity index (χ1v) is 34.8. The quantitative estimate of drug-likeness (QED) is 0.0533. The van der Waals surface area contributed by atoms with E-state index in [1.54, 1.807) is 62.3 Å². The number of hydrogen-bond acceptors (Lipinski definition) is 21. The maximum absolute atomic E-state index is 10.5. The van der Waals surface area contributed by atoms with E-state index in [1.165, 1.54) is 0 Å². The van der Waals surface area contributed by atoms with Gasteiger partial charge in [-0.15, -0.1) is 0 Å². The van der Waals surface area contributed by atoms with Gasteiger partial charge in [0.2, 0.25) is 47.4 Å². The first-order chi connectivity index (χ1) is 81.4. The third-order valence-corrected chi connectivity index (χ3v) is 14.8. The average Bonchev–Trinajstić information content (AvgIpc) is 0.903. The molecule has 14 rings (SSSR count). The Hall–Kier alpha value is -10.4. The monoisotopic (exact) mass is 1700 g/mol. The summed E-state index contributed by atoms with van der Waals surface area (Å²) in [6.07, 6.45) is -12.7. The molecule has 7 N–H and O–H groups in total. The number of benzene rings is 7. The molecular formula is C98H126O21. The van der Waals surface area contributed by atoms with E-state index < -0.39 is 334 Å². The molecule has 7 aromatic rings. The van der Waals surface area contributed by atoms with Gasteiger partial charge in [0, 0.05) is 32.9 Å². The van der Waals surface area contributed by atoms with Crippen molar-refractivity contribution >= 4 is 42.4 Å². The molecule has 7 heterocycles. The molecule has 0 fully saturated rings. The Morgan fingerprint density at radius 2 is 0.454 bits per heavy atom. The van der Waals surface area contributed by atoms with Crippen molar-refractivity contribution < 1.29 is 188 Å². The Labute approximate surface area is 792 Å². The maximum Gasteiger partial charge on any atom is 0.231 e. The highest BCUT2D eigenvalue weighted by Gasteiger charge is 2.27. The van der Waals surface area contributed by atoms with Crippen LogP contribution in [0.3, 0.4) is 0 Å². The van der Waals surface area contributed by atoms with Crippen LogP contribution in [-0.4, -0.2) is 126 Å². The fourth-order valence-corrected chi connectivity index (χ4v) is 7.58. The van der Waals surface area contributed by atoms with Crippen LogP contribution in [0, 0.1) is 37.9 Å². The van der Waals surface area contributed by atoms with Crippen LogP contribution in [0.5, 0.6) is 80.5 Å². The second kappa shape index (κ2) is 41.6. The number of ether oxygens (including phenoxy) is 14. The molecule has 7 unspecified atom stereocenters. The SMILES string of the molecule is [2H]/C(=C(/[2H])C(O)C(C)(C)C)c1c([2H])c([2H])c2c(c1[2H])OCO2.[2H]/C(=C\C(O)C(C)(C([2H])([2H])[2H])C([2H])([2H])[2H])c1c([2H])c([2H])c2c(c1[2H])OC([2H])([2H])O2.[2H]/C(=C\C(O)C(C)(C([2H])([2H])[2H])C([2H])([2H])[2H])c1c([2H])c([2H])c2c(c1[2H])OCO2.[2H]/C(=C\C([2H])(O)C(C)(C([2H])([2H])[2H])C([2H])([2H])[2H])c1c([2H])c([2H])c2c(c1[2H])OC([2H])([2H])O2.[2H]/C(=C\C([2H])(O)C(C)(C([2H])([2H])[2H])C([2H])([2H])[2H])c1c([2H])c([2H])c2c(c1[2H])OCO2.[2H]/C(=C\C([2H])(O)C(C)(C)C)c1c([2H])c([2H])c2c(c1[2H])OC([2H])([2H])O2.[2H]/C(=C\C([2H])(O)C(C)(C)C)c1c([2H])c([2H])c2c(c1[2H])OCO2. The smallest absolute Gasteiger partial charge is 0.231 e. The van der Waals surface area contributed by atoms with Gasteiger partial charge in [-0.25, -0.2) is 0 Å². The van der Waals surface area contributed by atoms with E-state index in [2.05, 4.69) is 0 Å². The topological polar surface area (TPSA) is 271 Å². The summed E-state index contributed by atoms with van der Waals surface area (Å²) < 4.78 is 558. The fourth-order valence-electron chi connectivity index (χ4n) is 7.58. The lowest BCUT2D eigenvalue weighted by atomic mass is 9.89. The van der Waals surface area contributed by atoms with Gasteiger partial charge in [-0.05, 0) is 161 Å². The summed E-state index contributed by atoms with van der Waals surface area (Å²) >= 11 is 0. The van der Waals surface area contributed by atoms with Gasteiger partial charge in [0.1, 0.15) is 8.22 Å². The third kappa shape index (κ3) is 30.1. The average molecular weight is 1700 g/mol. The van der Waals surface area contributed by atoms with E-state index in [-0.39, 0.29) is 150 Å². The van der Waals surface area contributed by atoms with Gasteiger partial charge in [0.15, 0.2) is 80.5 Å². The van der Waals surface area contributed by atoms with Gasteiger partial charge >= 0.3 is 0 Å². The zero-order valence-corrected chi connectivity index (χ0v) is 65.9. The van der Waals surface area contributed by atoms with Crippen LogP contribution in [0.2, 0.25) is 0 Å². The zero-order chi connectivity index (χ0) is 142. The number of fused-ring (bicyclic) bond motifs is 7. The van der Waals surface area contributed by atoms with Crippen molar-refractivity contribution in [1.29, 1.82) is 0 Å². The maximum atomic E-state index is 10.5. The molecule has 7 aliphatic heterocycles. The molecule has 0 spiro atoms. The van der Waals surface area contributed by atoms with Gasteiger partial charge < -0.3 is 102 Å². The molecule has 21 nitrogen and oxygen atoms in total. The van der Waals surface area contributed by atoms with Crippen LogP contribution < -0.4 is 66.3 Å². The summed E-state index contributed by atoms with van der Waals surface area (Å²) in [6.45, 7) is -16.8. The van der Waals surface area contributed by atoms with E-state index in [1.807, 2.05) is 0 Å². The number of aliphatic hydroxyl groups is 7. The van der Waals surface area contributed by atoms with Gasteiger partial charge in [-0.2, -0.15) is 0 Å². The second-order valence-corrected chi connectivity index (χ2v) is 28.7. The molecule has 644 valence electrons. The van der Waals surface area contributed by atoms with Crippen molar-refractivity contribution in [3.63, 3.8) is 0 Å². The predicted molar refractivity (Wildman–Crippen MR) is 469 cm³/mol. The second-order valence-electron chi connectivity index (χ2n) is 28.7. The lowest BCUT2D eigenvalue weighted by Crippen LogP contribution is -2.23. The zero-order valence-electron chi connectivity index (χ0n) is 129. The van der Waals surface area contributed by atoms with Crippen LogP contribution in [0.25, 0.3) is 42.4 Å². The molecule has 0 aromatic heterocycles. The Bertz CT molecular complexity index is 7870. The van der Waals surface area contributed by atoms with Crippen molar-refractivity contribution in [1.82, 2.24) is 0 Å². The van der Waals surface area contributed by atoms with E-state index >= 15 is 0 Å². The normalized spacial score (nSPS) is 27.9. The predicted octanol–water partition coefficient (Wildman–Crippen LogP) is 19.8. The number of hydrogen-bond donors (Lipinski definition) is 7. The lowest BCUT2D eigenvalue weighted by Gasteiger charge is -2.22. The highest BCUT2D eigenvalue weighted by molar-refractivity contribution is 5.63. The summed E-state index contributed by atoms with van der Waals surface area (Å²) in [6, 6.07) is -16.0. The fraction of sp³-hybridized carbons (Fsp3) is 0.429. The third-order valence-electron chi connectivity index (χ3n) is 14.8. The Balaban J connectivity index is 0.000000255. The van der Waals surface area contributed by atoms with Gasteiger partial charge in [-0.1, -0.05) is 272 Å². The van der Waals surface area contributed by atoms with Crippen molar-refractivity contribution in [2.45, 2.75) is 187 Å². The van der Waals surface area contributed by atoms with Gasteiger partial charge in [-0.3, -0.25) is 0 Å². The molecule has 7 aromatic carbocycles. The molecular weight excluding hydrogens is 1510 g/mol. The minimum Gasteiger partial charge on any atom is -0.454 e. The first kappa shape index (κ1) is 39.4.